The summed E-state index contributed by atoms with van der Waals surface area (Å²) >= 11 is 0. The minimum atomic E-state index is -1.53. The number of ether oxygens (including phenoxy) is 1. The second kappa shape index (κ2) is 6.83. The molecule has 4 rings (SSSR count). The van der Waals surface area contributed by atoms with E-state index in [4.69, 9.17) is 5.11 Å². The highest BCUT2D eigenvalue weighted by Gasteiger charge is 2.21. The number of rotatable bonds is 4. The summed E-state index contributed by atoms with van der Waals surface area (Å²) in [7, 11) is 1.51. The summed E-state index contributed by atoms with van der Waals surface area (Å²) in [6.07, 6.45) is 1.31. The molecule has 0 aliphatic carbocycles. The number of amides is 1. The molecule has 0 aliphatic rings. The van der Waals surface area contributed by atoms with Gasteiger partial charge in [0.1, 0.15) is 0 Å². The predicted molar refractivity (Wildman–Crippen MR) is 98.2 cm³/mol. The van der Waals surface area contributed by atoms with Crippen molar-refractivity contribution in [2.75, 3.05) is 5.32 Å². The maximum atomic E-state index is 12.6. The van der Waals surface area contributed by atoms with E-state index in [0.717, 1.165) is 11.8 Å². The van der Waals surface area contributed by atoms with Crippen molar-refractivity contribution in [3.63, 3.8) is 0 Å². The van der Waals surface area contributed by atoms with Crippen molar-refractivity contribution in [1.29, 1.82) is 0 Å². The highest BCUT2D eigenvalue weighted by Crippen LogP contribution is 2.21. The second-order valence-electron chi connectivity index (χ2n) is 5.82. The molecule has 0 bridgehead atoms. The lowest BCUT2D eigenvalue weighted by Gasteiger charge is -2.07. The molecule has 1 aromatic carbocycles. The molecule has 0 aliphatic heterocycles. The summed E-state index contributed by atoms with van der Waals surface area (Å²) in [6.45, 7) is 0. The number of nitrogens with one attached hydrogen (secondary N) is 1. The standard InChI is InChI=1S/C18H14N6O4/c1-23-15(13(10-19-23)28-18(26)27)17(25)20-12-7-8-24-14(9-12)21-16(22-24)11-5-3-2-4-6-11/h2-10H,1H3,(H,20,25)(H,26,27). The normalized spacial score (nSPS) is 10.8. The van der Waals surface area contributed by atoms with Crippen LogP contribution in [0, 0.1) is 0 Å². The molecule has 0 unspecified atom stereocenters. The van der Waals surface area contributed by atoms with Crippen LogP contribution < -0.4 is 10.1 Å². The quantitative estimate of drug-likeness (QED) is 0.523. The van der Waals surface area contributed by atoms with Crippen LogP contribution in [0.1, 0.15) is 10.5 Å². The van der Waals surface area contributed by atoms with E-state index in [1.807, 2.05) is 30.3 Å². The topological polar surface area (TPSA) is 124 Å². The number of nitrogens with zero attached hydrogens (tertiary/aromatic N) is 5. The molecular weight excluding hydrogens is 364 g/mol. The van der Waals surface area contributed by atoms with Crippen LogP contribution in [0.4, 0.5) is 10.5 Å². The molecule has 0 spiro atoms. The van der Waals surface area contributed by atoms with Gasteiger partial charge in [0, 0.05) is 30.6 Å². The number of carbonyl (C=O) groups excluding carboxylic acids is 1. The average Bonchev–Trinajstić information content (AvgIpc) is 3.25. The highest BCUT2D eigenvalue weighted by atomic mass is 16.7. The van der Waals surface area contributed by atoms with Crippen LogP contribution in [0.2, 0.25) is 0 Å². The summed E-state index contributed by atoms with van der Waals surface area (Å²) in [6, 6.07) is 12.8. The van der Waals surface area contributed by atoms with Crippen LogP contribution in [0.5, 0.6) is 5.75 Å². The molecule has 0 saturated heterocycles. The fourth-order valence-electron chi connectivity index (χ4n) is 2.70. The van der Waals surface area contributed by atoms with Crippen molar-refractivity contribution in [3.8, 4) is 17.1 Å². The van der Waals surface area contributed by atoms with Gasteiger partial charge >= 0.3 is 6.16 Å². The molecule has 10 nitrogen and oxygen atoms in total. The van der Waals surface area contributed by atoms with Crippen LogP contribution >= 0.6 is 0 Å². The number of carboxylic acid groups (broad SMARTS) is 1. The molecule has 28 heavy (non-hydrogen) atoms. The van der Waals surface area contributed by atoms with E-state index >= 15 is 0 Å². The lowest BCUT2D eigenvalue weighted by atomic mass is 10.2. The maximum absolute atomic E-state index is 12.6. The first kappa shape index (κ1) is 17.2. The Morgan fingerprint density at radius 1 is 1.18 bits per heavy atom. The van der Waals surface area contributed by atoms with E-state index in [1.54, 1.807) is 22.8 Å². The molecule has 140 valence electrons. The Kier molecular flexibility index (Phi) is 4.20. The number of aryl methyl sites for hydroxylation is 1. The van der Waals surface area contributed by atoms with Gasteiger partial charge in [-0.05, 0) is 6.07 Å². The van der Waals surface area contributed by atoms with Crippen molar-refractivity contribution in [2.24, 2.45) is 7.05 Å². The van der Waals surface area contributed by atoms with Gasteiger partial charge in [0.05, 0.1) is 6.20 Å². The fourth-order valence-corrected chi connectivity index (χ4v) is 2.70. The molecule has 4 aromatic rings. The van der Waals surface area contributed by atoms with Gasteiger partial charge in [-0.2, -0.15) is 5.10 Å². The minimum Gasteiger partial charge on any atom is -0.449 e. The Hall–Kier alpha value is -4.21. The molecular formula is C18H14N6O4. The first-order chi connectivity index (χ1) is 13.5. The van der Waals surface area contributed by atoms with E-state index < -0.39 is 12.1 Å². The third-order valence-electron chi connectivity index (χ3n) is 3.94. The molecule has 1 amide bonds. The third kappa shape index (κ3) is 3.26. The largest absolute Gasteiger partial charge is 0.511 e. The van der Waals surface area contributed by atoms with Gasteiger partial charge in [0.2, 0.25) is 0 Å². The number of anilines is 1. The summed E-state index contributed by atoms with van der Waals surface area (Å²) in [4.78, 5) is 27.8. The van der Waals surface area contributed by atoms with Gasteiger partial charge < -0.3 is 15.2 Å². The van der Waals surface area contributed by atoms with Gasteiger partial charge in [-0.3, -0.25) is 9.48 Å². The van der Waals surface area contributed by atoms with Gasteiger partial charge in [-0.25, -0.2) is 14.3 Å². The lowest BCUT2D eigenvalue weighted by Crippen LogP contribution is -2.18. The zero-order chi connectivity index (χ0) is 19.7. The SMILES string of the molecule is Cn1ncc(OC(=O)O)c1C(=O)Nc1ccn2nc(-c3ccccc3)nc2c1. The van der Waals surface area contributed by atoms with Crippen LogP contribution in [0.15, 0.2) is 54.9 Å². The number of aromatic nitrogens is 5. The maximum Gasteiger partial charge on any atom is 0.511 e. The zero-order valence-corrected chi connectivity index (χ0v) is 14.6. The summed E-state index contributed by atoms with van der Waals surface area (Å²) < 4.78 is 7.42. The Balaban J connectivity index is 1.61. The molecule has 3 heterocycles. The van der Waals surface area contributed by atoms with Gasteiger partial charge in [-0.1, -0.05) is 30.3 Å². The van der Waals surface area contributed by atoms with Crippen LogP contribution in [-0.2, 0) is 7.05 Å². The highest BCUT2D eigenvalue weighted by molar-refractivity contribution is 6.05. The summed E-state index contributed by atoms with van der Waals surface area (Å²) in [5.74, 6) is -0.154. The zero-order valence-electron chi connectivity index (χ0n) is 14.6. The molecule has 0 fully saturated rings. The van der Waals surface area contributed by atoms with Gasteiger partial charge in [0.25, 0.3) is 5.91 Å². The van der Waals surface area contributed by atoms with Crippen LogP contribution in [-0.4, -0.2) is 41.5 Å². The van der Waals surface area contributed by atoms with Crippen LogP contribution in [0.3, 0.4) is 0 Å². The number of hydrogen-bond donors (Lipinski definition) is 2. The average molecular weight is 378 g/mol. The molecule has 0 atom stereocenters. The first-order valence-corrected chi connectivity index (χ1v) is 8.17. The van der Waals surface area contributed by atoms with Crippen molar-refractivity contribution < 1.29 is 19.4 Å². The minimum absolute atomic E-state index is 0.0197. The Labute approximate surface area is 158 Å². The smallest absolute Gasteiger partial charge is 0.449 e. The number of hydrogen-bond acceptors (Lipinski definition) is 6. The molecule has 10 heteroatoms. The molecule has 3 aromatic heterocycles. The van der Waals surface area contributed by atoms with Gasteiger partial charge in [-0.15, -0.1) is 5.10 Å². The predicted octanol–water partition coefficient (Wildman–Crippen LogP) is 2.44. The fraction of sp³-hybridized carbons (Fsp3) is 0.0556. The van der Waals surface area contributed by atoms with E-state index in [1.165, 1.54) is 11.7 Å². The Bertz CT molecular complexity index is 1180. The van der Waals surface area contributed by atoms with Gasteiger partial charge in [0.15, 0.2) is 22.9 Å². The van der Waals surface area contributed by atoms with E-state index in [-0.39, 0.29) is 11.4 Å². The van der Waals surface area contributed by atoms with Crippen molar-refractivity contribution in [3.05, 3.63) is 60.6 Å². The summed E-state index contributed by atoms with van der Waals surface area (Å²) in [5.41, 5.74) is 1.87. The number of pyridine rings is 1. The monoisotopic (exact) mass is 378 g/mol. The van der Waals surface area contributed by atoms with Crippen molar-refractivity contribution >= 4 is 23.4 Å². The van der Waals surface area contributed by atoms with E-state index in [0.29, 0.717) is 17.2 Å². The van der Waals surface area contributed by atoms with Crippen LogP contribution in [0.25, 0.3) is 17.0 Å². The Morgan fingerprint density at radius 2 is 1.96 bits per heavy atom. The number of carbonyl (C=O) groups is 2. The van der Waals surface area contributed by atoms with Crippen molar-refractivity contribution in [1.82, 2.24) is 24.4 Å². The number of benzene rings is 1. The number of fused-ring (bicyclic) bond motifs is 1. The lowest BCUT2D eigenvalue weighted by molar-refractivity contribution is 0.101. The first-order valence-electron chi connectivity index (χ1n) is 8.17. The van der Waals surface area contributed by atoms with E-state index in [2.05, 4.69) is 25.2 Å². The molecule has 0 radical (unpaired) electrons. The third-order valence-corrected chi connectivity index (χ3v) is 3.94. The summed E-state index contributed by atoms with van der Waals surface area (Å²) in [5, 5.41) is 19.7. The van der Waals surface area contributed by atoms with E-state index in [9.17, 15) is 9.59 Å². The Morgan fingerprint density at radius 3 is 2.71 bits per heavy atom. The van der Waals surface area contributed by atoms with Crippen molar-refractivity contribution in [2.45, 2.75) is 0 Å². The second-order valence-corrected chi connectivity index (χ2v) is 5.82. The molecule has 2 N–H and O–H groups in total. The molecule has 0 saturated carbocycles.